The second-order valence-electron chi connectivity index (χ2n) is 4.22. The third kappa shape index (κ3) is 4.08. The van der Waals surface area contributed by atoms with Crippen molar-refractivity contribution in [3.63, 3.8) is 0 Å². The molecule has 0 aliphatic rings. The first-order valence-electron chi connectivity index (χ1n) is 6.24. The van der Waals surface area contributed by atoms with Gasteiger partial charge in [-0.2, -0.15) is 0 Å². The van der Waals surface area contributed by atoms with Crippen LogP contribution in [0.4, 0.5) is 11.6 Å². The number of nitrogens with one attached hydrogen (secondary N) is 2. The number of aromatic nitrogens is 2. The second-order valence-corrected chi connectivity index (χ2v) is 4.66. The average Bonchev–Trinajstić information content (AvgIpc) is 2.45. The van der Waals surface area contributed by atoms with E-state index in [0.717, 1.165) is 22.2 Å². The highest BCUT2D eigenvalue weighted by atomic mass is 35.5. The molecule has 0 saturated heterocycles. The molecule has 1 aromatic carbocycles. The van der Waals surface area contributed by atoms with Gasteiger partial charge in [0.1, 0.15) is 18.2 Å². The van der Waals surface area contributed by atoms with Crippen molar-refractivity contribution in [2.24, 2.45) is 0 Å². The Morgan fingerprint density at radius 2 is 2.00 bits per heavy atom. The van der Waals surface area contributed by atoms with Crippen LogP contribution in [0.25, 0.3) is 0 Å². The van der Waals surface area contributed by atoms with E-state index in [1.807, 2.05) is 37.4 Å². The first-order chi connectivity index (χ1) is 9.71. The molecule has 0 fully saturated rings. The molecule has 20 heavy (non-hydrogen) atoms. The summed E-state index contributed by atoms with van der Waals surface area (Å²) in [5.41, 5.74) is 1.09. The molecule has 0 atom stereocenters. The maximum atomic E-state index is 5.96. The number of ether oxygens (including phenoxy) is 1. The molecule has 6 heteroatoms. The van der Waals surface area contributed by atoms with Gasteiger partial charge in [0.2, 0.25) is 0 Å². The number of anilines is 2. The molecule has 1 heterocycles. The maximum Gasteiger partial charge on any atom is 0.158 e. The van der Waals surface area contributed by atoms with Crippen molar-refractivity contribution in [3.05, 3.63) is 46.7 Å². The molecule has 2 aromatic rings. The Bertz CT molecular complexity index is 577. The Balaban J connectivity index is 2.10. The lowest BCUT2D eigenvalue weighted by Gasteiger charge is -2.10. The first kappa shape index (κ1) is 14.6. The minimum Gasteiger partial charge on any atom is -0.377 e. The van der Waals surface area contributed by atoms with E-state index >= 15 is 0 Å². The lowest BCUT2D eigenvalue weighted by Crippen LogP contribution is -2.07. The van der Waals surface area contributed by atoms with Gasteiger partial charge in [-0.3, -0.25) is 0 Å². The fourth-order valence-electron chi connectivity index (χ4n) is 1.75. The van der Waals surface area contributed by atoms with Crippen molar-refractivity contribution in [2.75, 3.05) is 24.8 Å². The van der Waals surface area contributed by atoms with Gasteiger partial charge in [-0.15, -0.1) is 0 Å². The second kappa shape index (κ2) is 7.07. The number of hydrogen-bond acceptors (Lipinski definition) is 5. The normalized spacial score (nSPS) is 10.3. The molecule has 0 aliphatic heterocycles. The summed E-state index contributed by atoms with van der Waals surface area (Å²) in [7, 11) is 3.44. The third-order valence-corrected chi connectivity index (χ3v) is 2.90. The molecule has 106 valence electrons. The molecular formula is C14H17ClN4O. The summed E-state index contributed by atoms with van der Waals surface area (Å²) in [5.74, 6) is 2.13. The van der Waals surface area contributed by atoms with E-state index in [1.54, 1.807) is 7.11 Å². The van der Waals surface area contributed by atoms with E-state index in [0.29, 0.717) is 19.0 Å². The standard InChI is InChI=1S/C14H17ClN4O/c1-16-12-7-13(19-14(18-12)9-20-2)17-8-10-4-3-5-11(15)6-10/h3-7H,8-9H2,1-2H3,(H2,16,17,18,19). The number of hydrogen-bond donors (Lipinski definition) is 2. The molecule has 0 aliphatic carbocycles. The molecule has 0 saturated carbocycles. The minimum absolute atomic E-state index is 0.376. The summed E-state index contributed by atoms with van der Waals surface area (Å²) in [4.78, 5) is 8.69. The van der Waals surface area contributed by atoms with E-state index in [2.05, 4.69) is 20.6 Å². The Morgan fingerprint density at radius 1 is 1.20 bits per heavy atom. The van der Waals surface area contributed by atoms with Gasteiger partial charge in [0.15, 0.2) is 5.82 Å². The zero-order chi connectivity index (χ0) is 14.4. The summed E-state index contributed by atoms with van der Waals surface area (Å²) in [6.45, 7) is 1.02. The highest BCUT2D eigenvalue weighted by Gasteiger charge is 2.04. The SMILES string of the molecule is CNc1cc(NCc2cccc(Cl)c2)nc(COC)n1. The van der Waals surface area contributed by atoms with Crippen LogP contribution in [0.3, 0.4) is 0 Å². The van der Waals surface area contributed by atoms with E-state index in [9.17, 15) is 0 Å². The van der Waals surface area contributed by atoms with Crippen molar-refractivity contribution < 1.29 is 4.74 Å². The van der Waals surface area contributed by atoms with E-state index in [-0.39, 0.29) is 0 Å². The fraction of sp³-hybridized carbons (Fsp3) is 0.286. The Kier molecular flexibility index (Phi) is 5.15. The van der Waals surface area contributed by atoms with Gasteiger partial charge >= 0.3 is 0 Å². The van der Waals surface area contributed by atoms with Crippen molar-refractivity contribution in [1.82, 2.24) is 9.97 Å². The Labute approximate surface area is 123 Å². The molecule has 0 bridgehead atoms. The van der Waals surface area contributed by atoms with E-state index in [4.69, 9.17) is 16.3 Å². The van der Waals surface area contributed by atoms with Crippen molar-refractivity contribution in [3.8, 4) is 0 Å². The van der Waals surface area contributed by atoms with Gasteiger partial charge in [0.25, 0.3) is 0 Å². The van der Waals surface area contributed by atoms with Crippen LogP contribution in [0.2, 0.25) is 5.02 Å². The van der Waals surface area contributed by atoms with Crippen LogP contribution in [0.5, 0.6) is 0 Å². The van der Waals surface area contributed by atoms with E-state index in [1.165, 1.54) is 0 Å². The fourth-order valence-corrected chi connectivity index (χ4v) is 1.96. The molecule has 1 aromatic heterocycles. The lowest BCUT2D eigenvalue weighted by molar-refractivity contribution is 0.178. The lowest BCUT2D eigenvalue weighted by atomic mass is 10.2. The molecule has 0 amide bonds. The monoisotopic (exact) mass is 292 g/mol. The first-order valence-corrected chi connectivity index (χ1v) is 6.62. The largest absolute Gasteiger partial charge is 0.377 e. The number of methoxy groups -OCH3 is 1. The molecule has 5 nitrogen and oxygen atoms in total. The smallest absolute Gasteiger partial charge is 0.158 e. The highest BCUT2D eigenvalue weighted by molar-refractivity contribution is 6.30. The van der Waals surface area contributed by atoms with Gasteiger partial charge in [-0.25, -0.2) is 9.97 Å². The van der Waals surface area contributed by atoms with Gasteiger partial charge in [0, 0.05) is 31.8 Å². The van der Waals surface area contributed by atoms with Crippen LogP contribution in [0, 0.1) is 0 Å². The minimum atomic E-state index is 0.376. The van der Waals surface area contributed by atoms with Crippen LogP contribution in [-0.4, -0.2) is 24.1 Å². The number of rotatable bonds is 6. The average molecular weight is 293 g/mol. The summed E-state index contributed by atoms with van der Waals surface area (Å²) in [6, 6.07) is 9.56. The van der Waals surface area contributed by atoms with Crippen LogP contribution in [-0.2, 0) is 17.9 Å². The summed E-state index contributed by atoms with van der Waals surface area (Å²) >= 11 is 5.96. The number of nitrogens with zero attached hydrogens (tertiary/aromatic N) is 2. The molecular weight excluding hydrogens is 276 g/mol. The predicted molar refractivity (Wildman–Crippen MR) is 81.1 cm³/mol. The van der Waals surface area contributed by atoms with Crippen molar-refractivity contribution in [2.45, 2.75) is 13.2 Å². The van der Waals surface area contributed by atoms with Crippen LogP contribution >= 0.6 is 11.6 Å². The Morgan fingerprint density at radius 3 is 2.70 bits per heavy atom. The van der Waals surface area contributed by atoms with Gasteiger partial charge in [-0.05, 0) is 17.7 Å². The molecule has 0 spiro atoms. The molecule has 2 rings (SSSR count). The van der Waals surface area contributed by atoms with Crippen LogP contribution in [0.1, 0.15) is 11.4 Å². The Hall–Kier alpha value is -1.85. The van der Waals surface area contributed by atoms with Crippen molar-refractivity contribution >= 4 is 23.2 Å². The van der Waals surface area contributed by atoms with Crippen molar-refractivity contribution in [1.29, 1.82) is 0 Å². The maximum absolute atomic E-state index is 5.96. The molecule has 2 N–H and O–H groups in total. The topological polar surface area (TPSA) is 59.1 Å². The predicted octanol–water partition coefficient (Wildman–Crippen LogP) is 2.93. The van der Waals surface area contributed by atoms with Crippen LogP contribution in [0.15, 0.2) is 30.3 Å². The van der Waals surface area contributed by atoms with Gasteiger partial charge in [-0.1, -0.05) is 23.7 Å². The summed E-state index contributed by atoms with van der Waals surface area (Å²) < 4.78 is 5.06. The number of benzene rings is 1. The van der Waals surface area contributed by atoms with Crippen LogP contribution < -0.4 is 10.6 Å². The molecule has 0 radical (unpaired) electrons. The zero-order valence-corrected chi connectivity index (χ0v) is 12.2. The highest BCUT2D eigenvalue weighted by Crippen LogP contribution is 2.15. The van der Waals surface area contributed by atoms with E-state index < -0.39 is 0 Å². The summed E-state index contributed by atoms with van der Waals surface area (Å²) in [6.07, 6.45) is 0. The quantitative estimate of drug-likeness (QED) is 0.857. The zero-order valence-electron chi connectivity index (χ0n) is 11.5. The third-order valence-electron chi connectivity index (χ3n) is 2.66. The molecule has 0 unspecified atom stereocenters. The number of halogens is 1. The van der Waals surface area contributed by atoms with Gasteiger partial charge < -0.3 is 15.4 Å². The van der Waals surface area contributed by atoms with Gasteiger partial charge in [0.05, 0.1) is 0 Å². The summed E-state index contributed by atoms with van der Waals surface area (Å²) in [5, 5.41) is 6.99.